The zero-order valence-corrected chi connectivity index (χ0v) is 16.6. The SMILES string of the molecule is CC(=O)Nc1cc2c(cn1)C1(CC1)CN2c1cc([C@@H]2C[C@@H]2C#N)nc(C(C)(F)F)n1. The van der Waals surface area contributed by atoms with Gasteiger partial charge in [-0.3, -0.25) is 4.79 Å². The number of alkyl halides is 2. The van der Waals surface area contributed by atoms with Crippen molar-refractivity contribution < 1.29 is 13.6 Å². The summed E-state index contributed by atoms with van der Waals surface area (Å²) in [5, 5.41) is 11.8. The topological polar surface area (TPSA) is 94.8 Å². The van der Waals surface area contributed by atoms with Gasteiger partial charge in [0.1, 0.15) is 11.6 Å². The molecule has 0 unspecified atom stereocenters. The van der Waals surface area contributed by atoms with E-state index in [9.17, 15) is 13.6 Å². The molecule has 1 N–H and O–H groups in total. The highest BCUT2D eigenvalue weighted by molar-refractivity contribution is 5.89. The lowest BCUT2D eigenvalue weighted by Crippen LogP contribution is -2.23. The van der Waals surface area contributed by atoms with Gasteiger partial charge in [-0.1, -0.05) is 0 Å². The van der Waals surface area contributed by atoms with Crippen LogP contribution in [0.2, 0.25) is 0 Å². The molecule has 7 nitrogen and oxygen atoms in total. The zero-order valence-electron chi connectivity index (χ0n) is 16.6. The Kier molecular flexibility index (Phi) is 3.88. The molecule has 2 fully saturated rings. The van der Waals surface area contributed by atoms with E-state index < -0.39 is 11.7 Å². The van der Waals surface area contributed by atoms with Gasteiger partial charge < -0.3 is 10.2 Å². The minimum absolute atomic E-state index is 0.0497. The number of anilines is 3. The number of carbonyl (C=O) groups is 1. The lowest BCUT2D eigenvalue weighted by Gasteiger charge is -2.22. The molecule has 2 aliphatic carbocycles. The number of carbonyl (C=O) groups excluding carboxylic acids is 1. The van der Waals surface area contributed by atoms with Crippen molar-refractivity contribution in [1.82, 2.24) is 15.0 Å². The lowest BCUT2D eigenvalue weighted by molar-refractivity contribution is -0.114. The van der Waals surface area contributed by atoms with Crippen LogP contribution >= 0.6 is 0 Å². The summed E-state index contributed by atoms with van der Waals surface area (Å²) in [6.45, 7) is 2.80. The number of nitrogens with one attached hydrogen (secondary N) is 1. The van der Waals surface area contributed by atoms with Gasteiger partial charge in [0, 0.05) is 55.6 Å². The van der Waals surface area contributed by atoms with E-state index in [4.69, 9.17) is 5.26 Å². The number of nitriles is 1. The first kappa shape index (κ1) is 18.9. The molecule has 3 heterocycles. The van der Waals surface area contributed by atoms with Gasteiger partial charge in [0.15, 0.2) is 0 Å². The largest absolute Gasteiger partial charge is 0.325 e. The molecule has 154 valence electrons. The standard InChI is InChI=1S/C21H20F2N6O/c1-11(30)26-17-7-16-14(9-25-17)21(3-4-21)10-29(16)18-6-15(13-5-12(13)8-24)27-19(28-18)20(2,22)23/h6-7,9,12-13H,3-5,10H2,1-2H3,(H,25,26,30)/t12-,13-/m1/s1. The highest BCUT2D eigenvalue weighted by atomic mass is 19.3. The predicted molar refractivity (Wildman–Crippen MR) is 105 cm³/mol. The van der Waals surface area contributed by atoms with Crippen LogP contribution < -0.4 is 10.2 Å². The van der Waals surface area contributed by atoms with E-state index in [1.54, 1.807) is 18.3 Å². The van der Waals surface area contributed by atoms with E-state index in [1.165, 1.54) is 6.92 Å². The van der Waals surface area contributed by atoms with E-state index in [2.05, 4.69) is 26.3 Å². The Hall–Kier alpha value is -3.15. The van der Waals surface area contributed by atoms with Gasteiger partial charge in [-0.05, 0) is 19.3 Å². The Bertz CT molecular complexity index is 1100. The third-order valence-electron chi connectivity index (χ3n) is 6.10. The van der Waals surface area contributed by atoms with Crippen LogP contribution in [0, 0.1) is 17.2 Å². The number of halogens is 2. The second-order valence-electron chi connectivity index (χ2n) is 8.58. The maximum absolute atomic E-state index is 14.2. The Labute approximate surface area is 172 Å². The molecule has 1 aliphatic heterocycles. The van der Waals surface area contributed by atoms with Crippen molar-refractivity contribution in [3.8, 4) is 6.07 Å². The average Bonchev–Trinajstić information content (AvgIpc) is 3.58. The molecular formula is C21H20F2N6O. The van der Waals surface area contributed by atoms with Gasteiger partial charge in [-0.2, -0.15) is 14.0 Å². The molecule has 5 rings (SSSR count). The zero-order chi connectivity index (χ0) is 21.3. The summed E-state index contributed by atoms with van der Waals surface area (Å²) in [6.07, 6.45) is 4.37. The summed E-state index contributed by atoms with van der Waals surface area (Å²) >= 11 is 0. The summed E-state index contributed by atoms with van der Waals surface area (Å²) in [7, 11) is 0. The average molecular weight is 410 g/mol. The maximum atomic E-state index is 14.2. The van der Waals surface area contributed by atoms with Crippen molar-refractivity contribution in [2.75, 3.05) is 16.8 Å². The van der Waals surface area contributed by atoms with E-state index >= 15 is 0 Å². The fourth-order valence-electron chi connectivity index (χ4n) is 4.22. The first-order valence-electron chi connectivity index (χ1n) is 9.93. The van der Waals surface area contributed by atoms with Crippen molar-refractivity contribution in [2.45, 2.75) is 50.4 Å². The molecule has 2 atom stereocenters. The minimum Gasteiger partial charge on any atom is -0.325 e. The number of fused-ring (bicyclic) bond motifs is 2. The summed E-state index contributed by atoms with van der Waals surface area (Å²) < 4.78 is 28.3. The van der Waals surface area contributed by atoms with E-state index in [-0.39, 0.29) is 23.2 Å². The number of rotatable bonds is 4. The quantitative estimate of drug-likeness (QED) is 0.825. The monoisotopic (exact) mass is 410 g/mol. The molecule has 3 aliphatic rings. The summed E-state index contributed by atoms with van der Waals surface area (Å²) in [5.74, 6) is -3.49. The van der Waals surface area contributed by atoms with Gasteiger partial charge in [-0.15, -0.1) is 0 Å². The molecule has 2 aromatic rings. The van der Waals surface area contributed by atoms with Crippen LogP contribution in [0.3, 0.4) is 0 Å². The van der Waals surface area contributed by atoms with E-state index in [1.807, 2.05) is 4.90 Å². The van der Waals surface area contributed by atoms with Crippen molar-refractivity contribution in [3.63, 3.8) is 0 Å². The third kappa shape index (κ3) is 3.07. The van der Waals surface area contributed by atoms with Crippen LogP contribution in [0.4, 0.5) is 26.1 Å². The minimum atomic E-state index is -3.19. The Balaban J connectivity index is 1.60. The number of hydrogen-bond donors (Lipinski definition) is 1. The van der Waals surface area contributed by atoms with Gasteiger partial charge in [0.2, 0.25) is 11.7 Å². The molecule has 0 saturated heterocycles. The first-order chi connectivity index (χ1) is 14.2. The molecule has 0 radical (unpaired) electrons. The number of amides is 1. The number of aromatic nitrogens is 3. The Morgan fingerprint density at radius 3 is 2.73 bits per heavy atom. The fraction of sp³-hybridized carbons (Fsp3) is 0.476. The fourth-order valence-corrected chi connectivity index (χ4v) is 4.22. The smallest absolute Gasteiger partial charge is 0.303 e. The molecule has 1 spiro atoms. The van der Waals surface area contributed by atoms with Crippen LogP contribution in [0.25, 0.3) is 0 Å². The summed E-state index contributed by atoms with van der Waals surface area (Å²) in [6, 6.07) is 5.68. The van der Waals surface area contributed by atoms with E-state index in [0.29, 0.717) is 30.3 Å². The van der Waals surface area contributed by atoms with Gasteiger partial charge in [-0.25, -0.2) is 15.0 Å². The summed E-state index contributed by atoms with van der Waals surface area (Å²) in [4.78, 5) is 26.0. The molecule has 2 saturated carbocycles. The molecule has 1 amide bonds. The number of pyridine rings is 1. The molecule has 0 bridgehead atoms. The molecular weight excluding hydrogens is 390 g/mol. The number of hydrogen-bond acceptors (Lipinski definition) is 6. The highest BCUT2D eigenvalue weighted by Crippen LogP contribution is 2.58. The predicted octanol–water partition coefficient (Wildman–Crippen LogP) is 3.75. The normalized spacial score (nSPS) is 23.1. The molecule has 2 aromatic heterocycles. The second kappa shape index (κ2) is 6.17. The molecule has 9 heteroatoms. The van der Waals surface area contributed by atoms with Gasteiger partial charge in [0.25, 0.3) is 0 Å². The van der Waals surface area contributed by atoms with Crippen LogP contribution in [0.15, 0.2) is 18.3 Å². The van der Waals surface area contributed by atoms with Crippen molar-refractivity contribution in [2.24, 2.45) is 5.92 Å². The first-order valence-corrected chi connectivity index (χ1v) is 9.93. The number of nitrogens with zero attached hydrogens (tertiary/aromatic N) is 5. The van der Waals surface area contributed by atoms with Crippen molar-refractivity contribution >= 4 is 23.2 Å². The molecule has 0 aromatic carbocycles. The summed E-state index contributed by atoms with van der Waals surface area (Å²) in [5.41, 5.74) is 2.29. The van der Waals surface area contributed by atoms with Crippen LogP contribution in [0.1, 0.15) is 56.1 Å². The third-order valence-corrected chi connectivity index (χ3v) is 6.10. The van der Waals surface area contributed by atoms with E-state index in [0.717, 1.165) is 31.0 Å². The van der Waals surface area contributed by atoms with Crippen LogP contribution in [-0.4, -0.2) is 27.4 Å². The van der Waals surface area contributed by atoms with Crippen molar-refractivity contribution in [1.29, 1.82) is 5.26 Å². The second-order valence-corrected chi connectivity index (χ2v) is 8.58. The van der Waals surface area contributed by atoms with Crippen LogP contribution in [-0.2, 0) is 16.1 Å². The lowest BCUT2D eigenvalue weighted by atomic mass is 10.0. The maximum Gasteiger partial charge on any atom is 0.303 e. The Morgan fingerprint density at radius 1 is 1.37 bits per heavy atom. The van der Waals surface area contributed by atoms with Gasteiger partial charge in [0.05, 0.1) is 23.4 Å². The van der Waals surface area contributed by atoms with Crippen LogP contribution in [0.5, 0.6) is 0 Å². The Morgan fingerprint density at radius 2 is 2.13 bits per heavy atom. The van der Waals surface area contributed by atoms with Gasteiger partial charge >= 0.3 is 5.92 Å². The highest BCUT2D eigenvalue weighted by Gasteiger charge is 2.53. The van der Waals surface area contributed by atoms with Crippen molar-refractivity contribution in [3.05, 3.63) is 35.4 Å². The molecule has 30 heavy (non-hydrogen) atoms.